The molecule has 2 aromatic carbocycles. The van der Waals surface area contributed by atoms with Crippen molar-refractivity contribution in [3.63, 3.8) is 0 Å². The van der Waals surface area contributed by atoms with Crippen molar-refractivity contribution < 1.29 is 0 Å². The Kier molecular flexibility index (Phi) is 4.39. The van der Waals surface area contributed by atoms with Crippen molar-refractivity contribution >= 4 is 0 Å². The third-order valence-corrected chi connectivity index (χ3v) is 3.72. The third-order valence-electron chi connectivity index (χ3n) is 3.72. The summed E-state index contributed by atoms with van der Waals surface area (Å²) in [6.07, 6.45) is 0. The Labute approximate surface area is 116 Å². The van der Waals surface area contributed by atoms with Crippen LogP contribution >= 0.6 is 0 Å². The highest BCUT2D eigenvalue weighted by Crippen LogP contribution is 2.18. The van der Waals surface area contributed by atoms with Crippen LogP contribution in [0.15, 0.2) is 42.5 Å². The Balaban J connectivity index is 2.07. The Hall–Kier alpha value is -1.60. The van der Waals surface area contributed by atoms with Crippen molar-refractivity contribution in [2.24, 2.45) is 0 Å². The number of aryl methyl sites for hydroxylation is 3. The Bertz CT molecular complexity index is 520. The Morgan fingerprint density at radius 2 is 1.53 bits per heavy atom. The SMILES string of the molecule is Cc1cc(C)c(CN[C@@H](C)c2ccccc2)c(C)c1. The molecule has 1 atom stereocenters. The molecule has 2 aromatic rings. The van der Waals surface area contributed by atoms with Gasteiger partial charge in [-0.2, -0.15) is 0 Å². The normalized spacial score (nSPS) is 12.4. The zero-order chi connectivity index (χ0) is 13.8. The zero-order valence-corrected chi connectivity index (χ0v) is 12.3. The van der Waals surface area contributed by atoms with Crippen LogP contribution in [0, 0.1) is 20.8 Å². The fourth-order valence-electron chi connectivity index (χ4n) is 2.60. The number of nitrogens with one attached hydrogen (secondary N) is 1. The molecule has 0 saturated carbocycles. The molecule has 0 spiro atoms. The highest BCUT2D eigenvalue weighted by Gasteiger charge is 2.07. The topological polar surface area (TPSA) is 12.0 Å². The van der Waals surface area contributed by atoms with Crippen LogP contribution in [0.5, 0.6) is 0 Å². The van der Waals surface area contributed by atoms with Gasteiger partial charge in [0.05, 0.1) is 0 Å². The predicted octanol–water partition coefficient (Wildman–Crippen LogP) is 4.46. The lowest BCUT2D eigenvalue weighted by Crippen LogP contribution is -2.19. The predicted molar refractivity (Wildman–Crippen MR) is 82.3 cm³/mol. The molecule has 1 heteroatoms. The molecule has 0 aliphatic heterocycles. The molecule has 0 aliphatic carbocycles. The van der Waals surface area contributed by atoms with Crippen molar-refractivity contribution in [3.05, 3.63) is 70.3 Å². The van der Waals surface area contributed by atoms with E-state index in [1.54, 1.807) is 0 Å². The highest BCUT2D eigenvalue weighted by molar-refractivity contribution is 5.37. The van der Waals surface area contributed by atoms with Gasteiger partial charge in [-0.15, -0.1) is 0 Å². The van der Waals surface area contributed by atoms with Gasteiger partial charge in [0.1, 0.15) is 0 Å². The first-order valence-electron chi connectivity index (χ1n) is 6.93. The number of benzene rings is 2. The lowest BCUT2D eigenvalue weighted by atomic mass is 9.99. The summed E-state index contributed by atoms with van der Waals surface area (Å²) in [5.74, 6) is 0. The monoisotopic (exact) mass is 253 g/mol. The highest BCUT2D eigenvalue weighted by atomic mass is 14.9. The number of hydrogen-bond acceptors (Lipinski definition) is 1. The molecule has 0 aliphatic rings. The number of hydrogen-bond donors (Lipinski definition) is 1. The lowest BCUT2D eigenvalue weighted by Gasteiger charge is -2.17. The van der Waals surface area contributed by atoms with E-state index < -0.39 is 0 Å². The van der Waals surface area contributed by atoms with E-state index in [4.69, 9.17) is 0 Å². The number of rotatable bonds is 4. The van der Waals surface area contributed by atoms with E-state index in [2.05, 4.69) is 75.5 Å². The molecule has 0 heterocycles. The second-order valence-electron chi connectivity index (χ2n) is 5.39. The van der Waals surface area contributed by atoms with Crippen molar-refractivity contribution in [2.45, 2.75) is 40.3 Å². The Morgan fingerprint density at radius 3 is 2.11 bits per heavy atom. The maximum atomic E-state index is 3.62. The molecule has 2 rings (SSSR count). The van der Waals surface area contributed by atoms with Crippen LogP contribution in [0.4, 0.5) is 0 Å². The van der Waals surface area contributed by atoms with Gasteiger partial charge in [0, 0.05) is 12.6 Å². The summed E-state index contributed by atoms with van der Waals surface area (Å²) in [6, 6.07) is 15.5. The maximum absolute atomic E-state index is 3.62. The summed E-state index contributed by atoms with van der Waals surface area (Å²) < 4.78 is 0. The van der Waals surface area contributed by atoms with Gasteiger partial charge in [-0.3, -0.25) is 0 Å². The smallest absolute Gasteiger partial charge is 0.0294 e. The lowest BCUT2D eigenvalue weighted by molar-refractivity contribution is 0.572. The van der Waals surface area contributed by atoms with Crippen molar-refractivity contribution in [1.82, 2.24) is 5.32 Å². The van der Waals surface area contributed by atoms with Crippen LogP contribution < -0.4 is 5.32 Å². The summed E-state index contributed by atoms with van der Waals surface area (Å²) in [6.45, 7) is 9.69. The van der Waals surface area contributed by atoms with Crippen molar-refractivity contribution in [2.75, 3.05) is 0 Å². The largest absolute Gasteiger partial charge is 0.306 e. The van der Waals surface area contributed by atoms with Crippen LogP contribution in [-0.2, 0) is 6.54 Å². The molecule has 100 valence electrons. The average Bonchev–Trinajstić information content (AvgIpc) is 2.38. The minimum absolute atomic E-state index is 0.376. The standard InChI is InChI=1S/C18H23N/c1-13-10-14(2)18(15(3)11-13)12-19-16(4)17-8-6-5-7-9-17/h5-11,16,19H,12H2,1-4H3/t16-/m0/s1. The summed E-state index contributed by atoms with van der Waals surface area (Å²) >= 11 is 0. The molecule has 0 saturated heterocycles. The minimum atomic E-state index is 0.376. The van der Waals surface area contributed by atoms with E-state index in [0.29, 0.717) is 6.04 Å². The zero-order valence-electron chi connectivity index (χ0n) is 12.3. The van der Waals surface area contributed by atoms with Crippen LogP contribution in [0.25, 0.3) is 0 Å². The first-order valence-corrected chi connectivity index (χ1v) is 6.93. The van der Waals surface area contributed by atoms with Gasteiger partial charge in [0.2, 0.25) is 0 Å². The van der Waals surface area contributed by atoms with E-state index in [1.165, 1.54) is 27.8 Å². The fraction of sp³-hybridized carbons (Fsp3) is 0.333. The van der Waals surface area contributed by atoms with Gasteiger partial charge in [-0.05, 0) is 49.9 Å². The first-order chi connectivity index (χ1) is 9.08. The van der Waals surface area contributed by atoms with Gasteiger partial charge >= 0.3 is 0 Å². The first kappa shape index (κ1) is 13.8. The van der Waals surface area contributed by atoms with Crippen LogP contribution in [-0.4, -0.2) is 0 Å². The molecular weight excluding hydrogens is 230 g/mol. The molecule has 0 fully saturated rings. The van der Waals surface area contributed by atoms with Crippen molar-refractivity contribution in [3.8, 4) is 0 Å². The van der Waals surface area contributed by atoms with Crippen molar-refractivity contribution in [1.29, 1.82) is 0 Å². The summed E-state index contributed by atoms with van der Waals surface area (Å²) in [5.41, 5.74) is 6.86. The average molecular weight is 253 g/mol. The van der Waals surface area contributed by atoms with Gasteiger partial charge in [-0.1, -0.05) is 48.0 Å². The van der Waals surface area contributed by atoms with E-state index >= 15 is 0 Å². The fourth-order valence-corrected chi connectivity index (χ4v) is 2.60. The summed E-state index contributed by atoms with van der Waals surface area (Å²) in [4.78, 5) is 0. The van der Waals surface area contributed by atoms with E-state index in [0.717, 1.165) is 6.54 Å². The summed E-state index contributed by atoms with van der Waals surface area (Å²) in [7, 11) is 0. The molecule has 0 radical (unpaired) electrons. The van der Waals surface area contributed by atoms with Crippen LogP contribution in [0.2, 0.25) is 0 Å². The molecular formula is C18H23N. The van der Waals surface area contributed by atoms with Crippen LogP contribution in [0.3, 0.4) is 0 Å². The van der Waals surface area contributed by atoms with Gasteiger partial charge in [0.15, 0.2) is 0 Å². The molecule has 0 unspecified atom stereocenters. The third kappa shape index (κ3) is 3.45. The summed E-state index contributed by atoms with van der Waals surface area (Å²) in [5, 5.41) is 3.62. The molecule has 1 nitrogen and oxygen atoms in total. The molecule has 0 aromatic heterocycles. The van der Waals surface area contributed by atoms with E-state index in [9.17, 15) is 0 Å². The quantitative estimate of drug-likeness (QED) is 0.848. The van der Waals surface area contributed by atoms with E-state index in [1.807, 2.05) is 0 Å². The molecule has 0 amide bonds. The van der Waals surface area contributed by atoms with Gasteiger partial charge < -0.3 is 5.32 Å². The molecule has 19 heavy (non-hydrogen) atoms. The molecule has 1 N–H and O–H groups in total. The minimum Gasteiger partial charge on any atom is -0.306 e. The van der Waals surface area contributed by atoms with Crippen LogP contribution in [0.1, 0.15) is 40.8 Å². The molecule has 0 bridgehead atoms. The second kappa shape index (κ2) is 6.03. The second-order valence-corrected chi connectivity index (χ2v) is 5.39. The Morgan fingerprint density at radius 1 is 0.947 bits per heavy atom. The van der Waals surface area contributed by atoms with Gasteiger partial charge in [0.25, 0.3) is 0 Å². The van der Waals surface area contributed by atoms with Gasteiger partial charge in [-0.25, -0.2) is 0 Å². The van der Waals surface area contributed by atoms with E-state index in [-0.39, 0.29) is 0 Å². The maximum Gasteiger partial charge on any atom is 0.0294 e.